The minimum atomic E-state index is -1.18. The summed E-state index contributed by atoms with van der Waals surface area (Å²) in [4.78, 5) is 4.22. The van der Waals surface area contributed by atoms with Crippen LogP contribution in [0.4, 0.5) is 61.1 Å². The van der Waals surface area contributed by atoms with E-state index in [9.17, 15) is 26.3 Å². The van der Waals surface area contributed by atoms with Crippen LogP contribution in [0.25, 0.3) is 22.9 Å². The Bertz CT molecular complexity index is 2830. The molecule has 4 aromatic carbocycles. The van der Waals surface area contributed by atoms with E-state index in [1.165, 1.54) is 36.4 Å². The first-order chi connectivity index (χ1) is 29.8. The zero-order valence-corrected chi connectivity index (χ0v) is 36.8. The molecule has 0 spiro atoms. The number of anilines is 6. The van der Waals surface area contributed by atoms with Gasteiger partial charge in [-0.2, -0.15) is 0 Å². The minimum absolute atomic E-state index is 0.00778. The Kier molecular flexibility index (Phi) is 14.0. The third kappa shape index (κ3) is 10.7. The van der Waals surface area contributed by atoms with Gasteiger partial charge in [0.1, 0.15) is 11.6 Å². The molecule has 0 bridgehead atoms. The fourth-order valence-electron chi connectivity index (χ4n) is 5.91. The second-order valence-corrected chi connectivity index (χ2v) is 15.9. The van der Waals surface area contributed by atoms with Crippen molar-refractivity contribution in [3.05, 3.63) is 145 Å². The van der Waals surface area contributed by atoms with Crippen LogP contribution in [-0.2, 0) is 26.9 Å². The van der Waals surface area contributed by atoms with Crippen molar-refractivity contribution in [1.29, 1.82) is 0 Å². The average Bonchev–Trinajstić information content (AvgIpc) is 4.08. The van der Waals surface area contributed by atoms with E-state index in [0.717, 1.165) is 29.9 Å². The Morgan fingerprint density at radius 1 is 0.613 bits per heavy atom. The van der Waals surface area contributed by atoms with Gasteiger partial charge in [0.2, 0.25) is 0 Å². The van der Waals surface area contributed by atoms with Gasteiger partial charge in [0.15, 0.2) is 23.3 Å². The molecule has 13 nitrogen and oxygen atoms in total. The molecule has 4 heterocycles. The largest absolute Gasteiger partial charge is 0.403 e. The van der Waals surface area contributed by atoms with Crippen molar-refractivity contribution in [2.24, 2.45) is 14.1 Å². The van der Waals surface area contributed by atoms with Gasteiger partial charge in [0.05, 0.1) is 45.9 Å². The van der Waals surface area contributed by atoms with Crippen LogP contribution >= 0.6 is 45.2 Å². The molecule has 0 radical (unpaired) electrons. The number of aromatic nitrogens is 7. The molecule has 21 heteroatoms. The molecule has 4 N–H and O–H groups in total. The van der Waals surface area contributed by atoms with Gasteiger partial charge in [-0.1, -0.05) is 10.2 Å². The number of halogens is 8. The fourth-order valence-corrected chi connectivity index (χ4v) is 6.81. The highest BCUT2D eigenvalue weighted by atomic mass is 127. The molecule has 4 aromatic heterocycles. The SMILES string of the molecule is Cn1cccc1CCNc1nnc(-c2ccc(F)c(F)c2Nc2ccc(I)cc2F)o1.Cn1cnc(CCNc2nnc(-c3ccc(F)c(F)c3Nc3ccc(I)cc3F)o2)c1. The molecule has 0 aliphatic rings. The zero-order valence-electron chi connectivity index (χ0n) is 32.5. The summed E-state index contributed by atoms with van der Waals surface area (Å²) < 4.78 is 102. The van der Waals surface area contributed by atoms with E-state index in [4.69, 9.17) is 8.83 Å². The van der Waals surface area contributed by atoms with Crippen LogP contribution in [0.2, 0.25) is 0 Å². The number of nitrogens with zero attached hydrogens (tertiary/aromatic N) is 7. The van der Waals surface area contributed by atoms with Crippen LogP contribution in [0.5, 0.6) is 0 Å². The van der Waals surface area contributed by atoms with Crippen LogP contribution in [0.3, 0.4) is 0 Å². The number of aryl methyl sites for hydroxylation is 2. The molecule has 0 fully saturated rings. The molecule has 8 rings (SSSR count). The summed E-state index contributed by atoms with van der Waals surface area (Å²) in [6.45, 7) is 1.02. The molecular weight excluding hydrogens is 1050 g/mol. The highest BCUT2D eigenvalue weighted by molar-refractivity contribution is 14.1. The number of rotatable bonds is 14. The van der Waals surface area contributed by atoms with E-state index in [1.807, 2.05) is 92.9 Å². The van der Waals surface area contributed by atoms with Gasteiger partial charge in [0.25, 0.3) is 11.8 Å². The summed E-state index contributed by atoms with van der Waals surface area (Å²) in [6.07, 6.45) is 6.90. The van der Waals surface area contributed by atoms with Gasteiger partial charge < -0.3 is 39.2 Å². The van der Waals surface area contributed by atoms with Crippen LogP contribution < -0.4 is 21.3 Å². The number of benzene rings is 4. The number of hydrogen-bond acceptors (Lipinski definition) is 11. The molecule has 0 saturated carbocycles. The summed E-state index contributed by atoms with van der Waals surface area (Å²) in [5, 5.41) is 26.8. The van der Waals surface area contributed by atoms with E-state index in [2.05, 4.69) is 46.6 Å². The predicted octanol–water partition coefficient (Wildman–Crippen LogP) is 10.4. The van der Waals surface area contributed by atoms with Crippen molar-refractivity contribution >= 4 is 80.0 Å². The molecular formula is C41H33F6I2N11O2. The number of hydrogen-bond donors (Lipinski definition) is 4. The number of nitrogens with one attached hydrogen (secondary N) is 4. The molecule has 62 heavy (non-hydrogen) atoms. The Morgan fingerprint density at radius 3 is 1.58 bits per heavy atom. The maximum absolute atomic E-state index is 14.6. The van der Waals surface area contributed by atoms with Gasteiger partial charge in [-0.15, -0.1) is 10.2 Å². The molecule has 0 unspecified atom stereocenters. The van der Waals surface area contributed by atoms with E-state index in [0.29, 0.717) is 26.7 Å². The first-order valence-corrected chi connectivity index (χ1v) is 20.6. The van der Waals surface area contributed by atoms with Gasteiger partial charge >= 0.3 is 12.0 Å². The standard InChI is InChI=1S/C21H17F3IN5O.C20H16F3IN6O/c1-30-10-2-3-13(30)8-9-26-21-29-28-20(31-21)14-5-6-15(22)18(24)19(14)27-17-7-4-12(25)11-16(17)23;1-30-9-12(26-10-30)6-7-25-20-29-28-19(31-20)13-3-4-14(21)17(23)18(13)27-16-5-2-11(24)8-15(16)22/h2-7,10-11,27H,8-9H2,1H3,(H,26,29);2-5,8-10,27H,6-7H2,1H3,(H,25,29). The maximum atomic E-state index is 14.6. The fraction of sp³-hybridized carbons (Fsp3) is 0.146. The third-order valence-electron chi connectivity index (χ3n) is 9.01. The first kappa shape index (κ1) is 44.0. The molecule has 0 aliphatic heterocycles. The molecule has 0 saturated heterocycles. The van der Waals surface area contributed by atoms with Gasteiger partial charge in [-0.3, -0.25) is 0 Å². The Morgan fingerprint density at radius 2 is 1.13 bits per heavy atom. The molecule has 0 atom stereocenters. The van der Waals surface area contributed by atoms with Crippen molar-refractivity contribution in [1.82, 2.24) is 34.5 Å². The summed E-state index contributed by atoms with van der Waals surface area (Å²) in [7, 11) is 3.83. The Labute approximate surface area is 376 Å². The van der Waals surface area contributed by atoms with Crippen molar-refractivity contribution in [3.8, 4) is 22.9 Å². The van der Waals surface area contributed by atoms with Gasteiger partial charge in [-0.05, 0) is 118 Å². The lowest BCUT2D eigenvalue weighted by molar-refractivity contribution is 0.511. The number of imidazole rings is 1. The second kappa shape index (κ2) is 19.7. The molecule has 0 aliphatic carbocycles. The third-order valence-corrected chi connectivity index (χ3v) is 10.3. The smallest absolute Gasteiger partial charge is 0.315 e. The van der Waals surface area contributed by atoms with E-state index >= 15 is 0 Å². The summed E-state index contributed by atoms with van der Waals surface area (Å²) in [6, 6.07) is 17.4. The van der Waals surface area contributed by atoms with Crippen molar-refractivity contribution in [2.75, 3.05) is 34.4 Å². The molecule has 320 valence electrons. The Balaban J connectivity index is 0.000000186. The highest BCUT2D eigenvalue weighted by Crippen LogP contribution is 2.36. The normalized spacial score (nSPS) is 11.0. The van der Waals surface area contributed by atoms with E-state index in [-0.39, 0.29) is 57.7 Å². The second-order valence-electron chi connectivity index (χ2n) is 13.4. The summed E-state index contributed by atoms with van der Waals surface area (Å²) in [5.74, 6) is -5.83. The monoisotopic (exact) mass is 1080 g/mol. The lowest BCUT2D eigenvalue weighted by Gasteiger charge is -2.12. The van der Waals surface area contributed by atoms with Crippen LogP contribution in [0, 0.1) is 42.0 Å². The maximum Gasteiger partial charge on any atom is 0.315 e. The van der Waals surface area contributed by atoms with Crippen LogP contribution in [-0.4, -0.2) is 47.6 Å². The highest BCUT2D eigenvalue weighted by Gasteiger charge is 2.22. The topological polar surface area (TPSA) is 149 Å². The zero-order chi connectivity index (χ0) is 43.9. The van der Waals surface area contributed by atoms with Crippen molar-refractivity contribution in [2.45, 2.75) is 12.8 Å². The molecule has 8 aromatic rings. The first-order valence-electron chi connectivity index (χ1n) is 18.5. The quantitative estimate of drug-likeness (QED) is 0.0609. The van der Waals surface area contributed by atoms with Gasteiger partial charge in [0, 0.05) is 65.3 Å². The van der Waals surface area contributed by atoms with Gasteiger partial charge in [-0.25, -0.2) is 31.3 Å². The van der Waals surface area contributed by atoms with E-state index < -0.39 is 34.9 Å². The average molecular weight is 1080 g/mol. The van der Waals surface area contributed by atoms with Crippen LogP contribution in [0.15, 0.2) is 100 Å². The van der Waals surface area contributed by atoms with Crippen molar-refractivity contribution < 1.29 is 35.2 Å². The lowest BCUT2D eigenvalue weighted by atomic mass is 10.1. The minimum Gasteiger partial charge on any atom is -0.403 e. The summed E-state index contributed by atoms with van der Waals surface area (Å²) >= 11 is 3.91. The Hall–Kier alpha value is -6.11. The van der Waals surface area contributed by atoms with E-state index in [1.54, 1.807) is 18.5 Å². The van der Waals surface area contributed by atoms with Crippen LogP contribution in [0.1, 0.15) is 11.4 Å². The summed E-state index contributed by atoms with van der Waals surface area (Å²) in [5.41, 5.74) is 1.61. The molecule has 0 amide bonds. The van der Waals surface area contributed by atoms with Crippen molar-refractivity contribution in [3.63, 3.8) is 0 Å². The lowest BCUT2D eigenvalue weighted by Crippen LogP contribution is -2.07. The predicted molar refractivity (Wildman–Crippen MR) is 237 cm³/mol.